The fraction of sp³-hybridized carbons (Fsp3) is 0.733. The van der Waals surface area contributed by atoms with E-state index in [1.165, 1.54) is 22.2 Å². The van der Waals surface area contributed by atoms with E-state index in [-0.39, 0.29) is 5.54 Å². The summed E-state index contributed by atoms with van der Waals surface area (Å²) in [5.74, 6) is 0.654. The van der Waals surface area contributed by atoms with Crippen molar-refractivity contribution in [3.63, 3.8) is 0 Å². The Bertz CT molecular complexity index is 443. The van der Waals surface area contributed by atoms with Crippen molar-refractivity contribution in [2.24, 2.45) is 17.1 Å². The maximum absolute atomic E-state index is 6.19. The van der Waals surface area contributed by atoms with E-state index in [2.05, 4.69) is 60.1 Å². The van der Waals surface area contributed by atoms with Gasteiger partial charge in [-0.15, -0.1) is 11.3 Å². The molecule has 0 bridgehead atoms. The molecule has 0 radical (unpaired) electrons. The number of nitrogens with zero attached hydrogens (tertiary/aromatic N) is 1. The van der Waals surface area contributed by atoms with Gasteiger partial charge in [0.1, 0.15) is 0 Å². The van der Waals surface area contributed by atoms with Crippen LogP contribution in [0.3, 0.4) is 0 Å². The molecule has 2 N–H and O–H groups in total. The van der Waals surface area contributed by atoms with Gasteiger partial charge in [0.25, 0.3) is 0 Å². The van der Waals surface area contributed by atoms with Gasteiger partial charge in [-0.2, -0.15) is 0 Å². The lowest BCUT2D eigenvalue weighted by atomic mass is 9.85. The minimum atomic E-state index is 0.153. The molecule has 1 aliphatic rings. The minimum Gasteiger partial charge on any atom is -0.329 e. The monoisotopic (exact) mass is 344 g/mol. The van der Waals surface area contributed by atoms with Crippen LogP contribution in [0.2, 0.25) is 0 Å². The van der Waals surface area contributed by atoms with Gasteiger partial charge in [-0.3, -0.25) is 4.90 Å². The summed E-state index contributed by atoms with van der Waals surface area (Å²) in [6.07, 6.45) is 2.46. The van der Waals surface area contributed by atoms with E-state index >= 15 is 0 Å². The van der Waals surface area contributed by atoms with Crippen LogP contribution in [0.25, 0.3) is 0 Å². The second-order valence-corrected chi connectivity index (χ2v) is 8.75. The van der Waals surface area contributed by atoms with E-state index in [1.54, 1.807) is 0 Å². The molecule has 2 unspecified atom stereocenters. The molecule has 1 heterocycles. The molecule has 1 saturated carbocycles. The number of hydrogen-bond donors (Lipinski definition) is 1. The Labute approximate surface area is 129 Å². The zero-order chi connectivity index (χ0) is 14.3. The van der Waals surface area contributed by atoms with Crippen LogP contribution >= 0.6 is 27.3 Å². The first-order valence-electron chi connectivity index (χ1n) is 6.93. The van der Waals surface area contributed by atoms with Crippen LogP contribution in [-0.4, -0.2) is 24.0 Å². The molecule has 2 atom stereocenters. The maximum Gasteiger partial charge on any atom is 0.0363 e. The normalized spacial score (nSPS) is 30.2. The summed E-state index contributed by atoms with van der Waals surface area (Å²) in [6, 6.07) is 2.22. The first kappa shape index (κ1) is 15.5. The quantitative estimate of drug-likeness (QED) is 0.890. The molecular formula is C15H25BrN2S. The number of halogens is 1. The molecule has 19 heavy (non-hydrogen) atoms. The summed E-state index contributed by atoms with van der Waals surface area (Å²) < 4.78 is 1.18. The van der Waals surface area contributed by atoms with Crippen LogP contribution in [0.4, 0.5) is 0 Å². The van der Waals surface area contributed by atoms with Crippen molar-refractivity contribution < 1.29 is 0 Å². The largest absolute Gasteiger partial charge is 0.329 e. The lowest BCUT2D eigenvalue weighted by Crippen LogP contribution is -2.53. The first-order chi connectivity index (χ1) is 8.79. The Morgan fingerprint density at radius 3 is 2.63 bits per heavy atom. The molecule has 1 aromatic rings. The second kappa shape index (κ2) is 5.47. The molecule has 4 heteroatoms. The van der Waals surface area contributed by atoms with Crippen molar-refractivity contribution in [1.29, 1.82) is 0 Å². The lowest BCUT2D eigenvalue weighted by Gasteiger charge is -2.42. The average Bonchev–Trinajstić information content (AvgIpc) is 2.80. The Morgan fingerprint density at radius 1 is 1.53 bits per heavy atom. The summed E-state index contributed by atoms with van der Waals surface area (Å²) in [5.41, 5.74) is 6.75. The molecule has 0 aromatic carbocycles. The molecule has 1 aliphatic carbocycles. The van der Waals surface area contributed by atoms with E-state index in [0.29, 0.717) is 11.3 Å². The van der Waals surface area contributed by atoms with Gasteiger partial charge in [-0.25, -0.2) is 0 Å². The fourth-order valence-electron chi connectivity index (χ4n) is 3.86. The molecule has 0 spiro atoms. The molecule has 0 amide bonds. The highest BCUT2D eigenvalue weighted by molar-refractivity contribution is 9.10. The third-order valence-corrected chi connectivity index (χ3v) is 6.37. The third kappa shape index (κ3) is 3.07. The predicted molar refractivity (Wildman–Crippen MR) is 87.5 cm³/mol. The van der Waals surface area contributed by atoms with Gasteiger partial charge in [0, 0.05) is 33.4 Å². The molecule has 1 fully saturated rings. The average molecular weight is 345 g/mol. The number of nitrogens with two attached hydrogens (primary N) is 1. The van der Waals surface area contributed by atoms with Gasteiger partial charge < -0.3 is 5.73 Å². The third-order valence-electron chi connectivity index (χ3n) is 4.69. The fourth-order valence-corrected chi connectivity index (χ4v) is 5.37. The van der Waals surface area contributed by atoms with Crippen LogP contribution in [-0.2, 0) is 6.54 Å². The van der Waals surface area contributed by atoms with E-state index in [1.807, 2.05) is 11.3 Å². The maximum atomic E-state index is 6.19. The van der Waals surface area contributed by atoms with Crippen molar-refractivity contribution >= 4 is 27.3 Å². The Hall–Kier alpha value is 0.1000. The highest BCUT2D eigenvalue weighted by Gasteiger charge is 2.49. The topological polar surface area (TPSA) is 29.3 Å². The van der Waals surface area contributed by atoms with Crippen molar-refractivity contribution in [2.45, 2.75) is 45.7 Å². The van der Waals surface area contributed by atoms with Crippen molar-refractivity contribution in [3.8, 4) is 0 Å². The van der Waals surface area contributed by atoms with Gasteiger partial charge in [0.2, 0.25) is 0 Å². The number of likely N-dealkylation sites (N-methyl/N-ethyl adjacent to an activating group) is 1. The number of thiophene rings is 1. The van der Waals surface area contributed by atoms with Gasteiger partial charge in [-0.1, -0.05) is 20.8 Å². The molecular weight excluding hydrogens is 320 g/mol. The van der Waals surface area contributed by atoms with Crippen molar-refractivity contribution in [3.05, 3.63) is 20.8 Å². The summed E-state index contributed by atoms with van der Waals surface area (Å²) in [4.78, 5) is 3.89. The molecule has 0 saturated heterocycles. The predicted octanol–water partition coefficient (Wildman–Crippen LogP) is 4.10. The van der Waals surface area contributed by atoms with Crippen molar-refractivity contribution in [1.82, 2.24) is 4.90 Å². The summed E-state index contributed by atoms with van der Waals surface area (Å²) in [5, 5.41) is 2.15. The van der Waals surface area contributed by atoms with Gasteiger partial charge in [0.15, 0.2) is 0 Å². The van der Waals surface area contributed by atoms with E-state index in [9.17, 15) is 0 Å². The van der Waals surface area contributed by atoms with Crippen LogP contribution in [0.1, 0.15) is 38.5 Å². The Morgan fingerprint density at radius 2 is 2.21 bits per heavy atom. The van der Waals surface area contributed by atoms with Gasteiger partial charge >= 0.3 is 0 Å². The molecule has 1 aromatic heterocycles. The first-order valence-corrected chi connectivity index (χ1v) is 8.60. The number of rotatable bonds is 4. The van der Waals surface area contributed by atoms with E-state index in [4.69, 9.17) is 5.73 Å². The zero-order valence-electron chi connectivity index (χ0n) is 12.4. The number of hydrogen-bond acceptors (Lipinski definition) is 3. The lowest BCUT2D eigenvalue weighted by molar-refractivity contribution is 0.0795. The molecule has 108 valence electrons. The second-order valence-electron chi connectivity index (χ2n) is 6.84. The van der Waals surface area contributed by atoms with Gasteiger partial charge in [-0.05, 0) is 53.2 Å². The molecule has 0 aliphatic heterocycles. The highest BCUT2D eigenvalue weighted by Crippen LogP contribution is 2.50. The van der Waals surface area contributed by atoms with Crippen LogP contribution in [0.15, 0.2) is 15.9 Å². The van der Waals surface area contributed by atoms with Crippen LogP contribution in [0.5, 0.6) is 0 Å². The molecule has 2 rings (SSSR count). The summed E-state index contributed by atoms with van der Waals surface area (Å²) in [7, 11) is 2.23. The van der Waals surface area contributed by atoms with E-state index < -0.39 is 0 Å². The van der Waals surface area contributed by atoms with Crippen LogP contribution in [0, 0.1) is 11.3 Å². The zero-order valence-corrected chi connectivity index (χ0v) is 14.8. The Balaban J connectivity index is 2.17. The smallest absolute Gasteiger partial charge is 0.0363 e. The van der Waals surface area contributed by atoms with Gasteiger partial charge in [0.05, 0.1) is 0 Å². The minimum absolute atomic E-state index is 0.153. The highest BCUT2D eigenvalue weighted by atomic mass is 79.9. The molecule has 2 nitrogen and oxygen atoms in total. The SMILES string of the molecule is CC1CC(C)(C)CC1(CN)N(C)Cc1cc(Br)cs1. The standard InChI is InChI=1S/C15H25BrN2S/c1-11-6-14(2,3)9-15(11,10-17)18(4)7-13-5-12(16)8-19-13/h5,8,11H,6-7,9-10,17H2,1-4H3. The van der Waals surface area contributed by atoms with E-state index in [0.717, 1.165) is 13.1 Å². The Kier molecular flexibility index (Phi) is 4.46. The summed E-state index contributed by atoms with van der Waals surface area (Å²) >= 11 is 5.35. The van der Waals surface area contributed by atoms with Crippen LogP contribution < -0.4 is 5.73 Å². The van der Waals surface area contributed by atoms with Crippen molar-refractivity contribution in [2.75, 3.05) is 13.6 Å². The summed E-state index contributed by atoms with van der Waals surface area (Å²) in [6.45, 7) is 8.85.